The Morgan fingerprint density at radius 3 is 2.91 bits per heavy atom. The molecule has 1 heterocycles. The van der Waals surface area contributed by atoms with Crippen LogP contribution in [-0.2, 0) is 7.05 Å². The quantitative estimate of drug-likeness (QED) is 0.746. The van der Waals surface area contributed by atoms with Crippen LogP contribution in [0.5, 0.6) is 0 Å². The molecule has 1 atom stereocenters. The van der Waals surface area contributed by atoms with Gasteiger partial charge in [-0.05, 0) is 22.0 Å². The second kappa shape index (κ2) is 3.34. The van der Waals surface area contributed by atoms with Gasteiger partial charge in [0, 0.05) is 13.6 Å². The minimum absolute atomic E-state index is 0.214. The number of aryl methyl sites for hydroxylation is 1. The maximum absolute atomic E-state index is 9.32. The third-order valence-corrected chi connectivity index (χ3v) is 1.84. The van der Waals surface area contributed by atoms with Crippen LogP contribution in [0.4, 0.5) is 0 Å². The van der Waals surface area contributed by atoms with Gasteiger partial charge >= 0.3 is 0 Å². The van der Waals surface area contributed by atoms with Crippen LogP contribution in [0.25, 0.3) is 0 Å². The highest BCUT2D eigenvalue weighted by Crippen LogP contribution is 2.15. The predicted octanol–water partition coefficient (Wildman–Crippen LogP) is 0.175. The molecule has 1 aromatic rings. The average Bonchev–Trinajstić information content (AvgIpc) is 2.28. The van der Waals surface area contributed by atoms with Crippen molar-refractivity contribution < 1.29 is 5.11 Å². The average molecular weight is 220 g/mol. The van der Waals surface area contributed by atoms with Crippen LogP contribution < -0.4 is 5.73 Å². The molecular weight excluding hydrogens is 210 g/mol. The molecule has 0 bridgehead atoms. The van der Waals surface area contributed by atoms with Crippen LogP contribution in [-0.4, -0.2) is 21.4 Å². The van der Waals surface area contributed by atoms with Gasteiger partial charge in [0.15, 0.2) is 0 Å². The van der Waals surface area contributed by atoms with E-state index in [2.05, 4.69) is 21.0 Å². The highest BCUT2D eigenvalue weighted by Gasteiger charge is 2.10. The van der Waals surface area contributed by atoms with E-state index < -0.39 is 6.10 Å². The normalized spacial score (nSPS) is 13.5. The number of halogens is 1. The Bertz CT molecular complexity index is 248. The van der Waals surface area contributed by atoms with Crippen LogP contribution >= 0.6 is 15.9 Å². The molecule has 1 rings (SSSR count). The van der Waals surface area contributed by atoms with Crippen molar-refractivity contribution in [3.8, 4) is 0 Å². The Morgan fingerprint density at radius 1 is 1.91 bits per heavy atom. The van der Waals surface area contributed by atoms with E-state index in [1.807, 2.05) is 0 Å². The molecule has 5 heteroatoms. The monoisotopic (exact) mass is 219 g/mol. The van der Waals surface area contributed by atoms with E-state index in [1.54, 1.807) is 17.8 Å². The summed E-state index contributed by atoms with van der Waals surface area (Å²) in [6, 6.07) is 1.75. The lowest BCUT2D eigenvalue weighted by Gasteiger charge is -2.06. The summed E-state index contributed by atoms with van der Waals surface area (Å²) in [5.74, 6) is 0. The first kappa shape index (κ1) is 8.70. The topological polar surface area (TPSA) is 64.1 Å². The Hall–Kier alpha value is -0.390. The summed E-state index contributed by atoms with van der Waals surface area (Å²) in [6.07, 6.45) is -0.626. The van der Waals surface area contributed by atoms with Gasteiger partial charge in [0.25, 0.3) is 0 Å². The Kier molecular flexibility index (Phi) is 2.64. The third-order valence-electron chi connectivity index (χ3n) is 1.45. The predicted molar refractivity (Wildman–Crippen MR) is 44.9 cm³/mol. The second-order valence-electron chi connectivity index (χ2n) is 2.27. The van der Waals surface area contributed by atoms with E-state index in [0.717, 1.165) is 5.69 Å². The third kappa shape index (κ3) is 1.79. The summed E-state index contributed by atoms with van der Waals surface area (Å²) >= 11 is 3.20. The first-order chi connectivity index (χ1) is 5.15. The van der Waals surface area contributed by atoms with Crippen molar-refractivity contribution in [2.45, 2.75) is 6.10 Å². The molecule has 0 aliphatic carbocycles. The number of aromatic nitrogens is 2. The van der Waals surface area contributed by atoms with Gasteiger partial charge in [0.1, 0.15) is 10.7 Å². The Balaban J connectivity index is 2.93. The van der Waals surface area contributed by atoms with Crippen LogP contribution in [0.15, 0.2) is 10.7 Å². The molecule has 4 nitrogen and oxygen atoms in total. The maximum Gasteiger partial charge on any atom is 0.128 e. The molecule has 0 aromatic carbocycles. The summed E-state index contributed by atoms with van der Waals surface area (Å²) in [5, 5.41) is 13.3. The zero-order valence-electron chi connectivity index (χ0n) is 6.16. The fraction of sp³-hybridized carbons (Fsp3) is 0.500. The van der Waals surface area contributed by atoms with E-state index in [-0.39, 0.29) is 6.54 Å². The Morgan fingerprint density at radius 2 is 2.55 bits per heavy atom. The molecule has 0 unspecified atom stereocenters. The summed E-state index contributed by atoms with van der Waals surface area (Å²) in [6.45, 7) is 0.214. The van der Waals surface area contributed by atoms with E-state index in [4.69, 9.17) is 5.73 Å². The van der Waals surface area contributed by atoms with Gasteiger partial charge in [0.2, 0.25) is 0 Å². The lowest BCUT2D eigenvalue weighted by molar-refractivity contribution is 0.177. The minimum Gasteiger partial charge on any atom is -0.385 e. The highest BCUT2D eigenvalue weighted by molar-refractivity contribution is 9.10. The van der Waals surface area contributed by atoms with Gasteiger partial charge in [0.05, 0.1) is 5.69 Å². The van der Waals surface area contributed by atoms with E-state index in [9.17, 15) is 5.11 Å². The largest absolute Gasteiger partial charge is 0.385 e. The number of aliphatic hydroxyl groups is 1. The van der Waals surface area contributed by atoms with Crippen LogP contribution in [0.3, 0.4) is 0 Å². The number of nitrogens with two attached hydrogens (primary N) is 1. The lowest BCUT2D eigenvalue weighted by Crippen LogP contribution is -2.14. The number of nitrogens with zero attached hydrogens (tertiary/aromatic N) is 2. The van der Waals surface area contributed by atoms with E-state index >= 15 is 0 Å². The summed E-state index contributed by atoms with van der Waals surface area (Å²) in [5.41, 5.74) is 6.00. The number of hydrogen-bond donors (Lipinski definition) is 2. The molecule has 0 spiro atoms. The van der Waals surface area contributed by atoms with Gasteiger partial charge < -0.3 is 10.8 Å². The fourth-order valence-corrected chi connectivity index (χ4v) is 1.35. The van der Waals surface area contributed by atoms with Gasteiger partial charge in [-0.1, -0.05) is 0 Å². The van der Waals surface area contributed by atoms with Crippen LogP contribution in [0.1, 0.15) is 11.8 Å². The molecule has 62 valence electrons. The first-order valence-electron chi connectivity index (χ1n) is 3.22. The number of rotatable bonds is 2. The van der Waals surface area contributed by atoms with E-state index in [0.29, 0.717) is 4.60 Å². The molecular formula is C6H10BrN3O. The first-order valence-corrected chi connectivity index (χ1v) is 4.02. The molecule has 0 amide bonds. The van der Waals surface area contributed by atoms with Crippen molar-refractivity contribution in [2.24, 2.45) is 12.8 Å². The van der Waals surface area contributed by atoms with Crippen molar-refractivity contribution in [3.63, 3.8) is 0 Å². The van der Waals surface area contributed by atoms with Crippen molar-refractivity contribution >= 4 is 15.9 Å². The molecule has 0 aliphatic rings. The van der Waals surface area contributed by atoms with Crippen LogP contribution in [0, 0.1) is 0 Å². The van der Waals surface area contributed by atoms with Crippen LogP contribution in [0.2, 0.25) is 0 Å². The standard InChI is InChI=1S/C6H10BrN3O/c1-10-4(5(11)3-8)2-6(7)9-10/h2,5,11H,3,8H2,1H3/t5-/m1/s1. The zero-order chi connectivity index (χ0) is 8.43. The van der Waals surface area contributed by atoms with Gasteiger partial charge in [-0.3, -0.25) is 4.68 Å². The Labute approximate surface area is 73.1 Å². The number of aliphatic hydroxyl groups excluding tert-OH is 1. The summed E-state index contributed by atoms with van der Waals surface area (Å²) in [4.78, 5) is 0. The summed E-state index contributed by atoms with van der Waals surface area (Å²) < 4.78 is 2.31. The molecule has 11 heavy (non-hydrogen) atoms. The molecule has 0 saturated heterocycles. The lowest BCUT2D eigenvalue weighted by atomic mass is 10.2. The number of hydrogen-bond acceptors (Lipinski definition) is 3. The van der Waals surface area contributed by atoms with E-state index in [1.165, 1.54) is 0 Å². The van der Waals surface area contributed by atoms with Crippen molar-refractivity contribution in [1.29, 1.82) is 0 Å². The SMILES string of the molecule is Cn1nc(Br)cc1[C@H](O)CN. The molecule has 0 saturated carbocycles. The highest BCUT2D eigenvalue weighted by atomic mass is 79.9. The molecule has 0 fully saturated rings. The smallest absolute Gasteiger partial charge is 0.128 e. The second-order valence-corrected chi connectivity index (χ2v) is 3.08. The van der Waals surface area contributed by atoms with Crippen molar-refractivity contribution in [3.05, 3.63) is 16.4 Å². The summed E-state index contributed by atoms with van der Waals surface area (Å²) in [7, 11) is 1.76. The maximum atomic E-state index is 9.32. The molecule has 0 radical (unpaired) electrons. The fourth-order valence-electron chi connectivity index (χ4n) is 0.878. The minimum atomic E-state index is -0.626. The van der Waals surface area contributed by atoms with Gasteiger partial charge in [-0.15, -0.1) is 0 Å². The molecule has 0 aliphatic heterocycles. The van der Waals surface area contributed by atoms with Crippen molar-refractivity contribution in [2.75, 3.05) is 6.54 Å². The zero-order valence-corrected chi connectivity index (χ0v) is 7.74. The van der Waals surface area contributed by atoms with Gasteiger partial charge in [-0.25, -0.2) is 0 Å². The van der Waals surface area contributed by atoms with Gasteiger partial charge in [-0.2, -0.15) is 5.10 Å². The molecule has 3 N–H and O–H groups in total. The van der Waals surface area contributed by atoms with Crippen molar-refractivity contribution in [1.82, 2.24) is 9.78 Å². The molecule has 1 aromatic heterocycles.